The van der Waals surface area contributed by atoms with Crippen molar-refractivity contribution in [1.29, 1.82) is 0 Å². The summed E-state index contributed by atoms with van der Waals surface area (Å²) in [6, 6.07) is 12.4. The lowest BCUT2D eigenvalue weighted by atomic mass is 10.1. The smallest absolute Gasteiger partial charge is 0.342 e. The first kappa shape index (κ1) is 19.5. The lowest BCUT2D eigenvalue weighted by Crippen LogP contribution is -2.49. The van der Waals surface area contributed by atoms with E-state index in [1.165, 1.54) is 16.4 Å². The van der Waals surface area contributed by atoms with Crippen LogP contribution in [0.2, 0.25) is 0 Å². The third kappa shape index (κ3) is 3.73. The predicted octanol–water partition coefficient (Wildman–Crippen LogP) is 2.29. The van der Waals surface area contributed by atoms with Crippen molar-refractivity contribution in [3.63, 3.8) is 0 Å². The second-order valence-electron chi connectivity index (χ2n) is 6.41. The molecule has 1 aliphatic heterocycles. The van der Waals surface area contributed by atoms with Gasteiger partial charge in [-0.05, 0) is 24.7 Å². The number of methoxy groups -OCH3 is 1. The molecule has 0 saturated carbocycles. The predicted molar refractivity (Wildman–Crippen MR) is 98.3 cm³/mol. The van der Waals surface area contributed by atoms with E-state index in [9.17, 15) is 17.6 Å². The van der Waals surface area contributed by atoms with Crippen LogP contribution < -0.4 is 0 Å². The minimum absolute atomic E-state index is 0.232. The maximum absolute atomic E-state index is 14.3. The van der Waals surface area contributed by atoms with E-state index in [4.69, 9.17) is 0 Å². The Morgan fingerprint density at radius 2 is 1.81 bits per heavy atom. The van der Waals surface area contributed by atoms with Crippen molar-refractivity contribution in [3.05, 3.63) is 65.5 Å². The topological polar surface area (TPSA) is 66.9 Å². The normalized spacial score (nSPS) is 19.0. The number of carbonyl (C=O) groups excluding carboxylic acids is 1. The molecule has 2 aromatic rings. The zero-order chi connectivity index (χ0) is 19.6. The summed E-state index contributed by atoms with van der Waals surface area (Å²) < 4.78 is 47.0. The van der Waals surface area contributed by atoms with E-state index in [2.05, 4.69) is 4.74 Å². The summed E-state index contributed by atoms with van der Waals surface area (Å²) in [5, 5.41) is 0. The number of hydrogen-bond acceptors (Lipinski definition) is 5. The number of hydrogen-bond donors (Lipinski definition) is 0. The Balaban J connectivity index is 2.11. The number of ether oxygens (including phenoxy) is 1. The third-order valence-electron chi connectivity index (χ3n) is 4.67. The van der Waals surface area contributed by atoms with Crippen LogP contribution in [-0.4, -0.2) is 57.4 Å². The second-order valence-corrected chi connectivity index (χ2v) is 8.27. The number of carbonyl (C=O) groups is 1. The van der Waals surface area contributed by atoms with Gasteiger partial charge in [0, 0.05) is 19.6 Å². The minimum atomic E-state index is -4.13. The molecular formula is C19H21FN2O4S. The van der Waals surface area contributed by atoms with Crippen LogP contribution in [0, 0.1) is 5.82 Å². The number of nitrogens with zero attached hydrogens (tertiary/aromatic N) is 2. The van der Waals surface area contributed by atoms with E-state index < -0.39 is 33.4 Å². The fraction of sp³-hybridized carbons (Fsp3) is 0.316. The van der Waals surface area contributed by atoms with Crippen LogP contribution >= 0.6 is 0 Å². The Morgan fingerprint density at radius 1 is 1.11 bits per heavy atom. The van der Waals surface area contributed by atoms with Gasteiger partial charge < -0.3 is 9.64 Å². The van der Waals surface area contributed by atoms with Crippen molar-refractivity contribution < 1.29 is 22.3 Å². The molecule has 6 nitrogen and oxygen atoms in total. The molecule has 0 aromatic heterocycles. The highest BCUT2D eigenvalue weighted by atomic mass is 32.2. The molecule has 0 spiro atoms. The summed E-state index contributed by atoms with van der Waals surface area (Å²) in [5.41, 5.74) is 0.273. The SMILES string of the molecule is COC(=O)c1c(F)cccc1S(=O)(=O)N1CCN(C)C[C@H]1c1ccccc1. The summed E-state index contributed by atoms with van der Waals surface area (Å²) >= 11 is 0. The maximum Gasteiger partial charge on any atom is 0.342 e. The van der Waals surface area contributed by atoms with Crippen LogP contribution in [-0.2, 0) is 14.8 Å². The molecule has 0 unspecified atom stereocenters. The lowest BCUT2D eigenvalue weighted by molar-refractivity contribution is 0.0590. The molecule has 1 atom stereocenters. The van der Waals surface area contributed by atoms with Gasteiger partial charge in [-0.2, -0.15) is 4.31 Å². The van der Waals surface area contributed by atoms with Crippen LogP contribution in [0.1, 0.15) is 22.0 Å². The van der Waals surface area contributed by atoms with Crippen LogP contribution in [0.15, 0.2) is 53.4 Å². The van der Waals surface area contributed by atoms with Gasteiger partial charge in [-0.1, -0.05) is 36.4 Å². The number of benzene rings is 2. The van der Waals surface area contributed by atoms with Crippen molar-refractivity contribution in [3.8, 4) is 0 Å². The Kier molecular flexibility index (Phi) is 5.59. The summed E-state index contributed by atoms with van der Waals surface area (Å²) in [5.74, 6) is -1.94. The highest BCUT2D eigenvalue weighted by Gasteiger charge is 2.38. The molecule has 0 bridgehead atoms. The molecule has 0 amide bonds. The molecule has 27 heavy (non-hydrogen) atoms. The van der Waals surface area contributed by atoms with E-state index in [1.807, 2.05) is 42.3 Å². The maximum atomic E-state index is 14.3. The van der Waals surface area contributed by atoms with Gasteiger partial charge in [0.1, 0.15) is 11.4 Å². The quantitative estimate of drug-likeness (QED) is 0.747. The zero-order valence-electron chi connectivity index (χ0n) is 15.1. The fourth-order valence-electron chi connectivity index (χ4n) is 3.28. The number of likely N-dealkylation sites (N-methyl/N-ethyl adjacent to an activating group) is 1. The minimum Gasteiger partial charge on any atom is -0.465 e. The van der Waals surface area contributed by atoms with Crippen molar-refractivity contribution in [1.82, 2.24) is 9.21 Å². The van der Waals surface area contributed by atoms with Gasteiger partial charge in [0.2, 0.25) is 10.0 Å². The first-order chi connectivity index (χ1) is 12.9. The summed E-state index contributed by atoms with van der Waals surface area (Å²) in [6.07, 6.45) is 0. The molecule has 1 heterocycles. The molecule has 0 aliphatic carbocycles. The Bertz CT molecular complexity index is 934. The standard InChI is InChI=1S/C19H21FN2O4S/c1-21-11-12-22(16(13-21)14-7-4-3-5-8-14)27(24,25)17-10-6-9-15(20)18(17)19(23)26-2/h3-10,16H,11-13H2,1-2H3/t16-/m0/s1. The molecule has 1 fully saturated rings. The Hall–Kier alpha value is -2.29. The number of rotatable bonds is 4. The van der Waals surface area contributed by atoms with Crippen LogP contribution in [0.5, 0.6) is 0 Å². The van der Waals surface area contributed by atoms with Gasteiger partial charge in [-0.15, -0.1) is 0 Å². The highest BCUT2D eigenvalue weighted by Crippen LogP contribution is 2.32. The monoisotopic (exact) mass is 392 g/mol. The average Bonchev–Trinajstić information content (AvgIpc) is 2.67. The van der Waals surface area contributed by atoms with Gasteiger partial charge in [-0.3, -0.25) is 0 Å². The summed E-state index contributed by atoms with van der Waals surface area (Å²) in [7, 11) is -1.12. The first-order valence-electron chi connectivity index (χ1n) is 8.48. The van der Waals surface area contributed by atoms with Gasteiger partial charge in [0.25, 0.3) is 0 Å². The average molecular weight is 392 g/mol. The van der Waals surface area contributed by atoms with Crippen molar-refractivity contribution >= 4 is 16.0 Å². The van der Waals surface area contributed by atoms with Crippen LogP contribution in [0.3, 0.4) is 0 Å². The van der Waals surface area contributed by atoms with Crippen LogP contribution in [0.25, 0.3) is 0 Å². The molecule has 1 aliphatic rings. The molecule has 2 aromatic carbocycles. The van der Waals surface area contributed by atoms with Crippen molar-refractivity contribution in [2.75, 3.05) is 33.8 Å². The Morgan fingerprint density at radius 3 is 2.48 bits per heavy atom. The number of esters is 1. The van der Waals surface area contributed by atoms with Gasteiger partial charge in [-0.25, -0.2) is 17.6 Å². The number of sulfonamides is 1. The van der Waals surface area contributed by atoms with E-state index in [-0.39, 0.29) is 11.4 Å². The van der Waals surface area contributed by atoms with Crippen molar-refractivity contribution in [2.24, 2.45) is 0 Å². The molecule has 144 valence electrons. The first-order valence-corrected chi connectivity index (χ1v) is 9.92. The molecule has 3 rings (SSSR count). The van der Waals surface area contributed by atoms with E-state index in [0.29, 0.717) is 13.1 Å². The van der Waals surface area contributed by atoms with Crippen LogP contribution in [0.4, 0.5) is 4.39 Å². The van der Waals surface area contributed by atoms with E-state index in [0.717, 1.165) is 18.7 Å². The molecule has 8 heteroatoms. The van der Waals surface area contributed by atoms with E-state index in [1.54, 1.807) is 0 Å². The zero-order valence-corrected chi connectivity index (χ0v) is 15.9. The second kappa shape index (κ2) is 7.75. The fourth-order valence-corrected chi connectivity index (χ4v) is 5.07. The molecule has 1 saturated heterocycles. The summed E-state index contributed by atoms with van der Waals surface area (Å²) in [6.45, 7) is 1.26. The largest absolute Gasteiger partial charge is 0.465 e. The Labute approximate surface area is 158 Å². The number of piperazine rings is 1. The molecular weight excluding hydrogens is 371 g/mol. The number of halogens is 1. The molecule has 0 radical (unpaired) electrons. The molecule has 0 N–H and O–H groups in total. The van der Waals surface area contributed by atoms with Gasteiger partial charge >= 0.3 is 5.97 Å². The lowest BCUT2D eigenvalue weighted by Gasteiger charge is -2.39. The van der Waals surface area contributed by atoms with E-state index >= 15 is 0 Å². The van der Waals surface area contributed by atoms with Gasteiger partial charge in [0.15, 0.2) is 0 Å². The van der Waals surface area contributed by atoms with Gasteiger partial charge in [0.05, 0.1) is 18.0 Å². The highest BCUT2D eigenvalue weighted by molar-refractivity contribution is 7.89. The third-order valence-corrected chi connectivity index (χ3v) is 6.62. The summed E-state index contributed by atoms with van der Waals surface area (Å²) in [4.78, 5) is 13.7. The van der Waals surface area contributed by atoms with Crippen molar-refractivity contribution in [2.45, 2.75) is 10.9 Å².